The Morgan fingerprint density at radius 2 is 1.62 bits per heavy atom. The van der Waals surface area contributed by atoms with Gasteiger partial charge in [0.2, 0.25) is 5.91 Å². The molecule has 1 N–H and O–H groups in total. The van der Waals surface area contributed by atoms with Crippen molar-refractivity contribution in [1.29, 1.82) is 0 Å². The Kier molecular flexibility index (Phi) is 8.14. The van der Waals surface area contributed by atoms with Crippen LogP contribution in [0.3, 0.4) is 0 Å². The van der Waals surface area contributed by atoms with E-state index in [1.165, 1.54) is 0 Å². The number of carbonyl (C=O) groups excluding carboxylic acids is 3. The van der Waals surface area contributed by atoms with Gasteiger partial charge in [0.1, 0.15) is 11.6 Å². The quantitative estimate of drug-likeness (QED) is 0.474. The highest BCUT2D eigenvalue weighted by atomic mass is 16.6. The number of carbonyl (C=O) groups is 3. The van der Waals surface area contributed by atoms with Crippen molar-refractivity contribution < 1.29 is 19.1 Å². The van der Waals surface area contributed by atoms with Crippen LogP contribution >= 0.6 is 0 Å². The second-order valence-electron chi connectivity index (χ2n) is 11.8. The molecule has 1 aliphatic heterocycles. The van der Waals surface area contributed by atoms with Gasteiger partial charge in [0, 0.05) is 74.3 Å². The van der Waals surface area contributed by atoms with Crippen LogP contribution in [0.1, 0.15) is 55.2 Å². The largest absolute Gasteiger partial charge is 0.444 e. The number of anilines is 2. The van der Waals surface area contributed by atoms with Crippen molar-refractivity contribution in [3.63, 3.8) is 0 Å². The van der Waals surface area contributed by atoms with Crippen LogP contribution in [-0.4, -0.2) is 78.1 Å². The number of rotatable bonds is 5. The smallest absolute Gasteiger partial charge is 0.410 e. The molecule has 1 unspecified atom stereocenters. The van der Waals surface area contributed by atoms with E-state index in [0.29, 0.717) is 31.7 Å². The van der Waals surface area contributed by atoms with Crippen molar-refractivity contribution in [2.24, 2.45) is 0 Å². The maximum atomic E-state index is 13.5. The van der Waals surface area contributed by atoms with E-state index in [1.54, 1.807) is 23.9 Å². The number of benzene rings is 2. The van der Waals surface area contributed by atoms with Crippen LogP contribution in [-0.2, 0) is 9.53 Å². The molecule has 40 heavy (non-hydrogen) atoms. The highest BCUT2D eigenvalue weighted by molar-refractivity contribution is 6.00. The van der Waals surface area contributed by atoms with E-state index in [0.717, 1.165) is 33.4 Å². The van der Waals surface area contributed by atoms with E-state index in [4.69, 9.17) is 4.74 Å². The lowest BCUT2D eigenvalue weighted by Crippen LogP contribution is -2.50. The van der Waals surface area contributed by atoms with E-state index in [1.807, 2.05) is 88.7 Å². The molecule has 1 fully saturated rings. The SMILES string of the molecule is Cc1ccc(N2CCN(C(=O)OC(C)(C)C)CC2)cc1NC(=O)C(C)n1cc(C)c2ccc(C(=O)N(C)C)cc21. The van der Waals surface area contributed by atoms with E-state index in [-0.39, 0.29) is 17.9 Å². The van der Waals surface area contributed by atoms with Crippen molar-refractivity contribution >= 4 is 40.2 Å². The van der Waals surface area contributed by atoms with Crippen LogP contribution in [0, 0.1) is 13.8 Å². The molecule has 1 aliphatic rings. The van der Waals surface area contributed by atoms with Gasteiger partial charge in [-0.3, -0.25) is 9.59 Å². The molecule has 1 aromatic heterocycles. The summed E-state index contributed by atoms with van der Waals surface area (Å²) in [5.41, 5.74) is 4.66. The zero-order chi connectivity index (χ0) is 29.4. The zero-order valence-corrected chi connectivity index (χ0v) is 24.9. The molecule has 0 aliphatic carbocycles. The van der Waals surface area contributed by atoms with Gasteiger partial charge >= 0.3 is 6.09 Å². The number of aryl methyl sites for hydroxylation is 2. The molecule has 2 aromatic carbocycles. The molecule has 3 amide bonds. The molecule has 0 saturated carbocycles. The van der Waals surface area contributed by atoms with Gasteiger partial charge in [-0.2, -0.15) is 0 Å². The summed E-state index contributed by atoms with van der Waals surface area (Å²) in [4.78, 5) is 44.0. The average molecular weight is 548 g/mol. The number of aromatic nitrogens is 1. The summed E-state index contributed by atoms with van der Waals surface area (Å²) >= 11 is 0. The van der Waals surface area contributed by atoms with Gasteiger partial charge in [0.05, 0.1) is 0 Å². The fraction of sp³-hybridized carbons (Fsp3) is 0.452. The lowest BCUT2D eigenvalue weighted by Gasteiger charge is -2.37. The number of hydrogen-bond donors (Lipinski definition) is 1. The first-order chi connectivity index (χ1) is 18.7. The van der Waals surface area contributed by atoms with Gasteiger partial charge in [-0.15, -0.1) is 0 Å². The van der Waals surface area contributed by atoms with Crippen molar-refractivity contribution in [3.05, 3.63) is 59.3 Å². The van der Waals surface area contributed by atoms with Gasteiger partial charge in [0.15, 0.2) is 0 Å². The number of fused-ring (bicyclic) bond motifs is 1. The van der Waals surface area contributed by atoms with Crippen LogP contribution in [0.25, 0.3) is 10.9 Å². The van der Waals surface area contributed by atoms with E-state index >= 15 is 0 Å². The van der Waals surface area contributed by atoms with E-state index in [2.05, 4.69) is 10.2 Å². The molecule has 9 heteroatoms. The summed E-state index contributed by atoms with van der Waals surface area (Å²) in [7, 11) is 3.45. The molecule has 1 saturated heterocycles. The molecule has 0 spiro atoms. The number of hydrogen-bond acceptors (Lipinski definition) is 5. The maximum absolute atomic E-state index is 13.5. The third kappa shape index (κ3) is 6.24. The second-order valence-corrected chi connectivity index (χ2v) is 11.8. The lowest BCUT2D eigenvalue weighted by atomic mass is 10.1. The summed E-state index contributed by atoms with van der Waals surface area (Å²) in [6.07, 6.45) is 1.68. The average Bonchev–Trinajstić information content (AvgIpc) is 3.23. The van der Waals surface area contributed by atoms with Crippen LogP contribution in [0.4, 0.5) is 16.2 Å². The standard InChI is InChI=1S/C31H41N5O4/c1-20-9-11-24(34-13-15-35(16-14-34)30(39)40-31(4,5)6)18-26(20)32-28(37)22(3)36-19-21(2)25-12-10-23(17-27(25)36)29(38)33(7)8/h9-12,17-19,22H,13-16H2,1-8H3,(H,32,37). The highest BCUT2D eigenvalue weighted by Gasteiger charge is 2.26. The maximum Gasteiger partial charge on any atom is 0.410 e. The number of nitrogens with zero attached hydrogens (tertiary/aromatic N) is 4. The first-order valence-corrected chi connectivity index (χ1v) is 13.7. The fourth-order valence-electron chi connectivity index (χ4n) is 4.92. The van der Waals surface area contributed by atoms with Crippen LogP contribution in [0.15, 0.2) is 42.6 Å². The Morgan fingerprint density at radius 1 is 0.950 bits per heavy atom. The normalized spacial score (nSPS) is 14.7. The molecule has 2 heterocycles. The molecular weight excluding hydrogens is 506 g/mol. The van der Waals surface area contributed by atoms with Gasteiger partial charge in [-0.25, -0.2) is 4.79 Å². The first kappa shape index (κ1) is 29.0. The molecule has 1 atom stereocenters. The Hall–Kier alpha value is -4.01. The minimum absolute atomic E-state index is 0.0798. The highest BCUT2D eigenvalue weighted by Crippen LogP contribution is 2.29. The molecule has 9 nitrogen and oxygen atoms in total. The van der Waals surface area contributed by atoms with Crippen LogP contribution in [0.5, 0.6) is 0 Å². The number of nitrogens with one attached hydrogen (secondary N) is 1. The predicted octanol–water partition coefficient (Wildman–Crippen LogP) is 5.22. The van der Waals surface area contributed by atoms with Crippen LogP contribution in [0.2, 0.25) is 0 Å². The predicted molar refractivity (Wildman–Crippen MR) is 159 cm³/mol. The fourth-order valence-corrected chi connectivity index (χ4v) is 4.92. The third-order valence-corrected chi connectivity index (χ3v) is 7.26. The topological polar surface area (TPSA) is 87.1 Å². The summed E-state index contributed by atoms with van der Waals surface area (Å²) < 4.78 is 7.44. The van der Waals surface area contributed by atoms with Gasteiger partial charge in [-0.1, -0.05) is 12.1 Å². The number of piperazine rings is 1. The minimum atomic E-state index is -0.521. The van der Waals surface area contributed by atoms with Crippen LogP contribution < -0.4 is 10.2 Å². The Labute approximate surface area is 236 Å². The number of ether oxygens (including phenoxy) is 1. The van der Waals surface area contributed by atoms with Crippen molar-refractivity contribution in [1.82, 2.24) is 14.4 Å². The Morgan fingerprint density at radius 3 is 2.25 bits per heavy atom. The molecule has 3 aromatic rings. The van der Waals surface area contributed by atoms with Gasteiger partial charge in [0.25, 0.3) is 5.91 Å². The third-order valence-electron chi connectivity index (χ3n) is 7.26. The summed E-state index contributed by atoms with van der Waals surface area (Å²) in [5.74, 6) is -0.222. The summed E-state index contributed by atoms with van der Waals surface area (Å²) in [6.45, 7) is 13.9. The second kappa shape index (κ2) is 11.2. The van der Waals surface area contributed by atoms with Gasteiger partial charge < -0.3 is 29.3 Å². The zero-order valence-electron chi connectivity index (χ0n) is 24.9. The van der Waals surface area contributed by atoms with E-state index < -0.39 is 11.6 Å². The molecule has 0 radical (unpaired) electrons. The number of amides is 3. The van der Waals surface area contributed by atoms with Crippen molar-refractivity contribution in [2.75, 3.05) is 50.5 Å². The molecule has 0 bridgehead atoms. The monoisotopic (exact) mass is 547 g/mol. The van der Waals surface area contributed by atoms with Crippen molar-refractivity contribution in [3.8, 4) is 0 Å². The van der Waals surface area contributed by atoms with E-state index in [9.17, 15) is 14.4 Å². The van der Waals surface area contributed by atoms with Gasteiger partial charge in [-0.05, 0) is 76.9 Å². The minimum Gasteiger partial charge on any atom is -0.444 e. The molecule has 214 valence electrons. The van der Waals surface area contributed by atoms with Crippen molar-refractivity contribution in [2.45, 2.75) is 53.2 Å². The summed E-state index contributed by atoms with van der Waals surface area (Å²) in [5, 5.41) is 4.14. The lowest BCUT2D eigenvalue weighted by molar-refractivity contribution is -0.118. The molecule has 4 rings (SSSR count). The Bertz CT molecular complexity index is 1430. The summed E-state index contributed by atoms with van der Waals surface area (Å²) in [6, 6.07) is 11.2. The first-order valence-electron chi connectivity index (χ1n) is 13.7. The molecular formula is C31H41N5O4. The Balaban J connectivity index is 1.49.